The minimum atomic E-state index is -2.30. The quantitative estimate of drug-likeness (QED) is 0.367. The molecule has 1 fully saturated rings. The minimum Gasteiger partial charge on any atom is -0.561 e. The maximum atomic E-state index is 10.4. The first-order chi connectivity index (χ1) is 5.29. The molecule has 0 N–H and O–H groups in total. The molecular formula is C5H8BNaO2. The second-order valence-electron chi connectivity index (χ2n) is 1.73. The molecule has 1 saturated heterocycles. The Morgan fingerprint density at radius 2 is 2.44 bits per heavy atom. The van der Waals surface area contributed by atoms with Gasteiger partial charge in [0.2, 0.25) is 0 Å². The van der Waals surface area contributed by atoms with Crippen molar-refractivity contribution in [2.75, 3.05) is 0 Å². The summed E-state index contributed by atoms with van der Waals surface area (Å²) in [5, 5.41) is 10.4. The molecule has 0 spiro atoms. The molecule has 44 valence electrons. The van der Waals surface area contributed by atoms with Crippen LogP contribution in [0.3, 0.4) is 0 Å². The molecule has 0 amide bonds. The third kappa shape index (κ3) is 2.74. The number of carbonyl (C=O) groups is 1. The van der Waals surface area contributed by atoms with Gasteiger partial charge in [0.1, 0.15) is 0 Å². The summed E-state index contributed by atoms with van der Waals surface area (Å²) in [7, 11) is 0. The van der Waals surface area contributed by atoms with Crippen molar-refractivity contribution in [2.45, 2.75) is 25.4 Å². The van der Waals surface area contributed by atoms with Gasteiger partial charge < -0.3 is 9.90 Å². The summed E-state index contributed by atoms with van der Waals surface area (Å²) in [4.78, 5) is 10.4. The van der Waals surface area contributed by atoms with Gasteiger partial charge in [-0.3, -0.25) is 0 Å². The molecule has 0 bridgehead atoms. The molecule has 0 saturated carbocycles. The van der Waals surface area contributed by atoms with E-state index in [0.29, 0.717) is 0 Å². The first-order valence-electron chi connectivity index (χ1n) is 4.50. The zero-order valence-corrected chi connectivity index (χ0v) is 7.31. The molecule has 1 rings (SSSR count). The summed E-state index contributed by atoms with van der Waals surface area (Å²) in [6.07, 6.45) is -4.38. The molecule has 0 aromatic heterocycles. The van der Waals surface area contributed by atoms with Crippen LogP contribution in [-0.4, -0.2) is 12.6 Å². The fourth-order valence-electron chi connectivity index (χ4n) is 0.661. The minimum absolute atomic E-state index is 0. The van der Waals surface area contributed by atoms with E-state index >= 15 is 0 Å². The molecule has 1 aliphatic rings. The largest absolute Gasteiger partial charge is 1.00 e. The van der Waals surface area contributed by atoms with Crippen molar-refractivity contribution in [1.82, 2.24) is 0 Å². The van der Waals surface area contributed by atoms with Crippen LogP contribution in [0.4, 0.5) is 4.79 Å². The second-order valence-corrected chi connectivity index (χ2v) is 1.73. The van der Waals surface area contributed by atoms with Gasteiger partial charge in [0.25, 0.3) is 0 Å². The van der Waals surface area contributed by atoms with Crippen LogP contribution < -0.4 is 34.7 Å². The Bertz CT molecular complexity index is 223. The summed E-state index contributed by atoms with van der Waals surface area (Å²) in [5.74, 6) is -1.50. The molecule has 0 unspecified atom stereocenters. The third-order valence-electron chi connectivity index (χ3n) is 1.12. The zero-order valence-electron chi connectivity index (χ0n) is 9.31. The summed E-state index contributed by atoms with van der Waals surface area (Å²) in [6, 6.07) is 0. The molecule has 0 radical (unpaired) electrons. The maximum Gasteiger partial charge on any atom is 1.00 e. The van der Waals surface area contributed by atoms with Crippen LogP contribution >= 0.6 is 0 Å². The van der Waals surface area contributed by atoms with Gasteiger partial charge in [-0.25, -0.2) is 0 Å². The average Bonchev–Trinajstić information content (AvgIpc) is 2.03. The SMILES string of the molecule is [2H]C1([2H])CCB(C(=O)[O-])C1([2H])[2H].[Na+]. The Balaban J connectivity index is 0.00000144. The van der Waals surface area contributed by atoms with Crippen LogP contribution in [0.5, 0.6) is 0 Å². The van der Waals surface area contributed by atoms with Gasteiger partial charge in [-0.15, -0.1) is 0 Å². The van der Waals surface area contributed by atoms with Crippen molar-refractivity contribution in [2.24, 2.45) is 0 Å². The van der Waals surface area contributed by atoms with Gasteiger partial charge in [-0.1, -0.05) is 25.4 Å². The van der Waals surface area contributed by atoms with Gasteiger partial charge in [0.05, 0.1) is 0 Å². The molecule has 2 nitrogen and oxygen atoms in total. The zero-order chi connectivity index (χ0) is 9.57. The van der Waals surface area contributed by atoms with E-state index in [0.717, 1.165) is 0 Å². The van der Waals surface area contributed by atoms with Crippen molar-refractivity contribution >= 4 is 12.6 Å². The van der Waals surface area contributed by atoms with Crippen molar-refractivity contribution in [1.29, 1.82) is 0 Å². The van der Waals surface area contributed by atoms with Crippen molar-refractivity contribution in [3.8, 4) is 0 Å². The summed E-state index contributed by atoms with van der Waals surface area (Å²) < 4.78 is 28.9. The van der Waals surface area contributed by atoms with Crippen LogP contribution in [0, 0.1) is 0 Å². The fraction of sp³-hybridized carbons (Fsp3) is 0.800. The summed E-state index contributed by atoms with van der Waals surface area (Å²) in [6.45, 7) is -1.31. The average molecular weight is 138 g/mol. The van der Waals surface area contributed by atoms with Gasteiger partial charge in [0, 0.05) is 11.4 Å². The smallest absolute Gasteiger partial charge is 0.561 e. The number of carbonyl (C=O) groups excluding carboxylic acids is 1. The molecule has 1 aliphatic heterocycles. The number of carboxylic acid groups (broad SMARTS) is 1. The molecular weight excluding hydrogens is 126 g/mol. The Hall–Kier alpha value is 0.535. The van der Waals surface area contributed by atoms with E-state index in [4.69, 9.17) is 5.48 Å². The Morgan fingerprint density at radius 1 is 1.78 bits per heavy atom. The molecule has 0 aromatic rings. The molecule has 0 aromatic carbocycles. The van der Waals surface area contributed by atoms with Crippen LogP contribution in [-0.2, 0) is 0 Å². The van der Waals surface area contributed by atoms with Gasteiger partial charge in [-0.2, -0.15) is 0 Å². The predicted octanol–water partition coefficient (Wildman–Crippen LogP) is -2.80. The van der Waals surface area contributed by atoms with E-state index in [-0.39, 0.29) is 42.3 Å². The van der Waals surface area contributed by atoms with Crippen molar-refractivity contribution in [3.63, 3.8) is 0 Å². The number of rotatable bonds is 1. The fourth-order valence-corrected chi connectivity index (χ4v) is 0.661. The molecule has 4 heteroatoms. The maximum absolute atomic E-state index is 10.4. The normalized spacial score (nSPS) is 34.9. The van der Waals surface area contributed by atoms with Gasteiger partial charge in [0.15, 0.2) is 6.71 Å². The van der Waals surface area contributed by atoms with E-state index in [1.165, 1.54) is 0 Å². The standard InChI is InChI=1S/C5H9BO2.Na/c7-5(8)6-3-1-2-4-6;/h1-4H2,(H,7,8);/q;+1/p-1/i1D2,3D2;. The summed E-state index contributed by atoms with van der Waals surface area (Å²) >= 11 is 0. The van der Waals surface area contributed by atoms with Crippen molar-refractivity contribution in [3.05, 3.63) is 0 Å². The van der Waals surface area contributed by atoms with E-state index in [1.54, 1.807) is 0 Å². The van der Waals surface area contributed by atoms with Crippen molar-refractivity contribution < 1.29 is 44.9 Å². The number of hydrogen-bond donors (Lipinski definition) is 0. The first-order valence-corrected chi connectivity index (χ1v) is 2.50. The molecule has 9 heavy (non-hydrogen) atoms. The molecule has 0 atom stereocenters. The second kappa shape index (κ2) is 4.37. The first kappa shape index (κ1) is 4.42. The monoisotopic (exact) mass is 138 g/mol. The Morgan fingerprint density at radius 3 is 2.67 bits per heavy atom. The van der Waals surface area contributed by atoms with Crippen LogP contribution in [0.25, 0.3) is 0 Å². The van der Waals surface area contributed by atoms with E-state index in [1.807, 2.05) is 0 Å². The van der Waals surface area contributed by atoms with E-state index in [2.05, 4.69) is 0 Å². The van der Waals surface area contributed by atoms with Gasteiger partial charge in [-0.05, 0) is 0 Å². The van der Waals surface area contributed by atoms with Crippen LogP contribution in [0.2, 0.25) is 12.6 Å². The van der Waals surface area contributed by atoms with Crippen LogP contribution in [0.15, 0.2) is 0 Å². The number of hydrogen-bond acceptors (Lipinski definition) is 2. The predicted molar refractivity (Wildman–Crippen MR) is 30.0 cm³/mol. The molecule has 1 heterocycles. The Labute approximate surface area is 83.0 Å². The third-order valence-corrected chi connectivity index (χ3v) is 1.12. The topological polar surface area (TPSA) is 40.1 Å². The summed E-state index contributed by atoms with van der Waals surface area (Å²) in [5.41, 5.74) is 0. The Kier molecular flexibility index (Phi) is 2.14. The van der Waals surface area contributed by atoms with Gasteiger partial charge >= 0.3 is 29.6 Å². The molecule has 0 aliphatic carbocycles. The van der Waals surface area contributed by atoms with Crippen LogP contribution in [0.1, 0.15) is 18.3 Å². The van der Waals surface area contributed by atoms with E-state index < -0.39 is 25.2 Å². The van der Waals surface area contributed by atoms with E-state index in [9.17, 15) is 9.90 Å².